The minimum absolute atomic E-state index is 0.217. The predicted molar refractivity (Wildman–Crippen MR) is 60.7 cm³/mol. The Kier molecular flexibility index (Phi) is 2.04. The standard InChI is InChI=1S/C12H14N4/c13-12(6-7-12)11-14-9-15-16(11)8-10-4-2-1-3-5-10/h1-5,9H,6-8,13H2. The van der Waals surface area contributed by atoms with Crippen LogP contribution in [0.3, 0.4) is 0 Å². The zero-order chi connectivity index (χ0) is 11.0. The maximum Gasteiger partial charge on any atom is 0.147 e. The van der Waals surface area contributed by atoms with Crippen molar-refractivity contribution in [2.45, 2.75) is 24.9 Å². The van der Waals surface area contributed by atoms with Gasteiger partial charge in [-0.3, -0.25) is 0 Å². The van der Waals surface area contributed by atoms with Crippen LogP contribution >= 0.6 is 0 Å². The van der Waals surface area contributed by atoms with E-state index < -0.39 is 0 Å². The van der Waals surface area contributed by atoms with E-state index in [1.54, 1.807) is 6.33 Å². The normalized spacial score (nSPS) is 17.3. The third-order valence-electron chi connectivity index (χ3n) is 3.02. The third kappa shape index (κ3) is 1.61. The second kappa shape index (κ2) is 3.42. The highest BCUT2D eigenvalue weighted by Gasteiger charge is 2.44. The van der Waals surface area contributed by atoms with E-state index in [9.17, 15) is 0 Å². The summed E-state index contributed by atoms with van der Waals surface area (Å²) in [6, 6.07) is 10.2. The lowest BCUT2D eigenvalue weighted by Gasteiger charge is -2.10. The Hall–Kier alpha value is -1.68. The highest BCUT2D eigenvalue weighted by Crippen LogP contribution is 2.41. The van der Waals surface area contributed by atoms with Crippen molar-refractivity contribution in [2.24, 2.45) is 5.73 Å². The average molecular weight is 214 g/mol. The molecule has 1 aromatic heterocycles. The fourth-order valence-corrected chi connectivity index (χ4v) is 1.88. The molecule has 1 saturated carbocycles. The van der Waals surface area contributed by atoms with E-state index in [1.165, 1.54) is 5.56 Å². The maximum atomic E-state index is 6.14. The molecule has 1 fully saturated rings. The van der Waals surface area contributed by atoms with Crippen molar-refractivity contribution in [1.82, 2.24) is 14.8 Å². The van der Waals surface area contributed by atoms with Crippen LogP contribution < -0.4 is 5.73 Å². The molecule has 1 aromatic carbocycles. The molecule has 1 aliphatic carbocycles. The van der Waals surface area contributed by atoms with Crippen molar-refractivity contribution in [1.29, 1.82) is 0 Å². The van der Waals surface area contributed by atoms with Crippen LogP contribution in [0, 0.1) is 0 Å². The zero-order valence-electron chi connectivity index (χ0n) is 9.00. The van der Waals surface area contributed by atoms with E-state index in [0.717, 1.165) is 25.2 Å². The van der Waals surface area contributed by atoms with Crippen LogP contribution in [0.15, 0.2) is 36.7 Å². The molecule has 0 unspecified atom stereocenters. The quantitative estimate of drug-likeness (QED) is 0.837. The Morgan fingerprint density at radius 1 is 1.25 bits per heavy atom. The lowest BCUT2D eigenvalue weighted by molar-refractivity contribution is 0.565. The zero-order valence-corrected chi connectivity index (χ0v) is 9.00. The Morgan fingerprint density at radius 3 is 2.69 bits per heavy atom. The van der Waals surface area contributed by atoms with Crippen LogP contribution in [0.1, 0.15) is 24.2 Å². The summed E-state index contributed by atoms with van der Waals surface area (Å²) >= 11 is 0. The van der Waals surface area contributed by atoms with Crippen LogP contribution in [0.25, 0.3) is 0 Å². The first-order valence-corrected chi connectivity index (χ1v) is 5.49. The van der Waals surface area contributed by atoms with Gasteiger partial charge in [-0.2, -0.15) is 5.10 Å². The third-order valence-corrected chi connectivity index (χ3v) is 3.02. The number of nitrogens with zero attached hydrogens (tertiary/aromatic N) is 3. The van der Waals surface area contributed by atoms with Gasteiger partial charge in [0.2, 0.25) is 0 Å². The molecular formula is C12H14N4. The molecule has 16 heavy (non-hydrogen) atoms. The number of hydrogen-bond donors (Lipinski definition) is 1. The van der Waals surface area contributed by atoms with Gasteiger partial charge in [-0.1, -0.05) is 30.3 Å². The Balaban J connectivity index is 1.88. The molecule has 0 spiro atoms. The van der Waals surface area contributed by atoms with Crippen molar-refractivity contribution in [3.8, 4) is 0 Å². The summed E-state index contributed by atoms with van der Waals surface area (Å²) in [6.45, 7) is 0.745. The van der Waals surface area contributed by atoms with Crippen molar-refractivity contribution in [3.63, 3.8) is 0 Å². The highest BCUT2D eigenvalue weighted by molar-refractivity contribution is 5.18. The van der Waals surface area contributed by atoms with Crippen molar-refractivity contribution >= 4 is 0 Å². The van der Waals surface area contributed by atoms with E-state index in [-0.39, 0.29) is 5.54 Å². The molecule has 0 amide bonds. The summed E-state index contributed by atoms with van der Waals surface area (Å²) in [5, 5.41) is 4.24. The summed E-state index contributed by atoms with van der Waals surface area (Å²) in [5.74, 6) is 0.913. The number of nitrogens with two attached hydrogens (primary N) is 1. The molecule has 2 N–H and O–H groups in total. The van der Waals surface area contributed by atoms with E-state index in [4.69, 9.17) is 5.73 Å². The number of benzene rings is 1. The van der Waals surface area contributed by atoms with Gasteiger partial charge in [-0.25, -0.2) is 9.67 Å². The van der Waals surface area contributed by atoms with Crippen LogP contribution in [0.2, 0.25) is 0 Å². The summed E-state index contributed by atoms with van der Waals surface area (Å²) in [7, 11) is 0. The van der Waals surface area contributed by atoms with Gasteiger partial charge in [-0.05, 0) is 18.4 Å². The van der Waals surface area contributed by atoms with Crippen molar-refractivity contribution < 1.29 is 0 Å². The van der Waals surface area contributed by atoms with Gasteiger partial charge >= 0.3 is 0 Å². The number of rotatable bonds is 3. The second-order valence-electron chi connectivity index (χ2n) is 4.38. The van der Waals surface area contributed by atoms with Crippen LogP contribution in [-0.2, 0) is 12.1 Å². The fourth-order valence-electron chi connectivity index (χ4n) is 1.88. The molecular weight excluding hydrogens is 200 g/mol. The van der Waals surface area contributed by atoms with Gasteiger partial charge in [0.05, 0.1) is 12.1 Å². The van der Waals surface area contributed by atoms with Crippen molar-refractivity contribution in [2.75, 3.05) is 0 Å². The topological polar surface area (TPSA) is 56.7 Å². The van der Waals surface area contributed by atoms with Gasteiger partial charge in [-0.15, -0.1) is 0 Å². The van der Waals surface area contributed by atoms with Crippen LogP contribution in [0.5, 0.6) is 0 Å². The number of hydrogen-bond acceptors (Lipinski definition) is 3. The van der Waals surface area contributed by atoms with Gasteiger partial charge in [0.15, 0.2) is 0 Å². The summed E-state index contributed by atoms with van der Waals surface area (Å²) in [6.07, 6.45) is 3.62. The molecule has 0 bridgehead atoms. The van der Waals surface area contributed by atoms with Gasteiger partial charge in [0, 0.05) is 0 Å². The Morgan fingerprint density at radius 2 is 2.00 bits per heavy atom. The van der Waals surface area contributed by atoms with Crippen molar-refractivity contribution in [3.05, 3.63) is 48.0 Å². The maximum absolute atomic E-state index is 6.14. The van der Waals surface area contributed by atoms with E-state index >= 15 is 0 Å². The predicted octanol–water partition coefficient (Wildman–Crippen LogP) is 1.27. The molecule has 1 aliphatic rings. The average Bonchev–Trinajstić information content (AvgIpc) is 2.88. The molecule has 3 rings (SSSR count). The van der Waals surface area contributed by atoms with Gasteiger partial charge in [0.1, 0.15) is 12.2 Å². The molecule has 2 aromatic rings. The van der Waals surface area contributed by atoms with E-state index in [1.807, 2.05) is 22.9 Å². The molecule has 0 radical (unpaired) electrons. The fraction of sp³-hybridized carbons (Fsp3) is 0.333. The van der Waals surface area contributed by atoms with Crippen LogP contribution in [0.4, 0.5) is 0 Å². The van der Waals surface area contributed by atoms with Crippen LogP contribution in [-0.4, -0.2) is 14.8 Å². The highest BCUT2D eigenvalue weighted by atomic mass is 15.3. The minimum Gasteiger partial charge on any atom is -0.319 e. The first kappa shape index (κ1) is 9.54. The lowest BCUT2D eigenvalue weighted by atomic mass is 10.2. The molecule has 4 heteroatoms. The summed E-state index contributed by atoms with van der Waals surface area (Å²) in [5.41, 5.74) is 7.15. The molecule has 0 atom stereocenters. The summed E-state index contributed by atoms with van der Waals surface area (Å²) in [4.78, 5) is 4.27. The monoisotopic (exact) mass is 214 g/mol. The van der Waals surface area contributed by atoms with Gasteiger partial charge in [0.25, 0.3) is 0 Å². The number of aromatic nitrogens is 3. The molecule has 4 nitrogen and oxygen atoms in total. The SMILES string of the molecule is NC1(c2ncnn2Cc2ccccc2)CC1. The van der Waals surface area contributed by atoms with Gasteiger partial charge < -0.3 is 5.73 Å². The Bertz CT molecular complexity index is 485. The lowest BCUT2D eigenvalue weighted by Crippen LogP contribution is -2.25. The molecule has 0 saturated heterocycles. The minimum atomic E-state index is -0.217. The largest absolute Gasteiger partial charge is 0.319 e. The first-order chi connectivity index (χ1) is 7.78. The molecule has 82 valence electrons. The molecule has 0 aliphatic heterocycles. The Labute approximate surface area is 94.1 Å². The van der Waals surface area contributed by atoms with E-state index in [0.29, 0.717) is 0 Å². The first-order valence-electron chi connectivity index (χ1n) is 5.49. The summed E-state index contributed by atoms with van der Waals surface area (Å²) < 4.78 is 1.91. The van der Waals surface area contributed by atoms with E-state index in [2.05, 4.69) is 22.2 Å². The smallest absolute Gasteiger partial charge is 0.147 e. The molecule has 1 heterocycles. The second-order valence-corrected chi connectivity index (χ2v) is 4.38.